The summed E-state index contributed by atoms with van der Waals surface area (Å²) in [5, 5.41) is 2.74. The topological polar surface area (TPSA) is 55.1 Å². The Balaban J connectivity index is 2.64. The van der Waals surface area contributed by atoms with E-state index in [1.165, 1.54) is 12.1 Å². The first-order chi connectivity index (χ1) is 8.08. The molecular formula is C13H19FN2O. The summed E-state index contributed by atoms with van der Waals surface area (Å²) in [4.78, 5) is 11.7. The van der Waals surface area contributed by atoms with Gasteiger partial charge in [0.15, 0.2) is 0 Å². The van der Waals surface area contributed by atoms with Crippen LogP contribution in [0.25, 0.3) is 0 Å². The van der Waals surface area contributed by atoms with Gasteiger partial charge in [-0.05, 0) is 24.1 Å². The van der Waals surface area contributed by atoms with E-state index in [4.69, 9.17) is 5.73 Å². The number of nitrogens with two attached hydrogens (primary N) is 1. The maximum absolute atomic E-state index is 13.4. The molecule has 0 radical (unpaired) electrons. The third-order valence-corrected chi connectivity index (χ3v) is 2.94. The first-order valence-corrected chi connectivity index (χ1v) is 5.91. The molecule has 0 atom stereocenters. The molecule has 0 bridgehead atoms. The van der Waals surface area contributed by atoms with Gasteiger partial charge in [0.1, 0.15) is 5.82 Å². The highest BCUT2D eigenvalue weighted by atomic mass is 19.1. The number of halogens is 1. The Morgan fingerprint density at radius 3 is 2.59 bits per heavy atom. The summed E-state index contributed by atoms with van der Waals surface area (Å²) in [7, 11) is 0. The fourth-order valence-electron chi connectivity index (χ4n) is 1.63. The van der Waals surface area contributed by atoms with Gasteiger partial charge in [0, 0.05) is 12.2 Å². The van der Waals surface area contributed by atoms with Crippen molar-refractivity contribution in [3.05, 3.63) is 29.6 Å². The lowest BCUT2D eigenvalue weighted by Gasteiger charge is -2.13. The van der Waals surface area contributed by atoms with Gasteiger partial charge in [-0.2, -0.15) is 0 Å². The summed E-state index contributed by atoms with van der Waals surface area (Å²) < 4.78 is 13.4. The minimum Gasteiger partial charge on any atom is -0.399 e. The van der Waals surface area contributed by atoms with E-state index < -0.39 is 5.82 Å². The van der Waals surface area contributed by atoms with Crippen LogP contribution in [0.4, 0.5) is 10.1 Å². The van der Waals surface area contributed by atoms with Gasteiger partial charge >= 0.3 is 0 Å². The second kappa shape index (κ2) is 6.23. The van der Waals surface area contributed by atoms with Crippen LogP contribution in [-0.4, -0.2) is 12.5 Å². The van der Waals surface area contributed by atoms with Crippen molar-refractivity contribution in [1.29, 1.82) is 0 Å². The molecule has 0 aliphatic rings. The van der Waals surface area contributed by atoms with Crippen molar-refractivity contribution in [2.45, 2.75) is 26.7 Å². The van der Waals surface area contributed by atoms with E-state index in [1.807, 2.05) is 0 Å². The standard InChI is InChI=1S/C13H19FN2O/c1-3-9(4-2)8-16-13(17)11-6-5-10(15)7-12(11)14/h5-7,9H,3-4,8,15H2,1-2H3,(H,16,17). The van der Waals surface area contributed by atoms with Gasteiger partial charge in [-0.15, -0.1) is 0 Å². The molecule has 94 valence electrons. The summed E-state index contributed by atoms with van der Waals surface area (Å²) >= 11 is 0. The molecule has 1 aromatic rings. The number of carbonyl (C=O) groups excluding carboxylic acids is 1. The molecule has 1 aromatic carbocycles. The first-order valence-electron chi connectivity index (χ1n) is 5.91. The average Bonchev–Trinajstić information content (AvgIpc) is 2.30. The summed E-state index contributed by atoms with van der Waals surface area (Å²) in [6, 6.07) is 4.09. The summed E-state index contributed by atoms with van der Waals surface area (Å²) in [5.41, 5.74) is 5.79. The van der Waals surface area contributed by atoms with Gasteiger partial charge < -0.3 is 11.1 Å². The van der Waals surface area contributed by atoms with Crippen molar-refractivity contribution in [2.75, 3.05) is 12.3 Å². The SMILES string of the molecule is CCC(CC)CNC(=O)c1ccc(N)cc1F. The second-order valence-corrected chi connectivity index (χ2v) is 4.13. The van der Waals surface area contributed by atoms with Gasteiger partial charge in [-0.3, -0.25) is 4.79 Å². The highest BCUT2D eigenvalue weighted by Gasteiger charge is 2.12. The van der Waals surface area contributed by atoms with E-state index >= 15 is 0 Å². The Kier molecular flexibility index (Phi) is 4.94. The van der Waals surface area contributed by atoms with E-state index in [-0.39, 0.29) is 11.5 Å². The molecule has 0 saturated carbocycles. The second-order valence-electron chi connectivity index (χ2n) is 4.13. The fraction of sp³-hybridized carbons (Fsp3) is 0.462. The molecule has 3 nitrogen and oxygen atoms in total. The Hall–Kier alpha value is -1.58. The smallest absolute Gasteiger partial charge is 0.254 e. The Morgan fingerprint density at radius 2 is 2.06 bits per heavy atom. The Morgan fingerprint density at radius 1 is 1.41 bits per heavy atom. The first kappa shape index (κ1) is 13.5. The molecule has 17 heavy (non-hydrogen) atoms. The zero-order valence-corrected chi connectivity index (χ0v) is 10.3. The molecule has 0 heterocycles. The molecule has 0 spiro atoms. The highest BCUT2D eigenvalue weighted by Crippen LogP contribution is 2.12. The quantitative estimate of drug-likeness (QED) is 0.775. The number of anilines is 1. The van der Waals surface area contributed by atoms with E-state index in [1.54, 1.807) is 0 Å². The monoisotopic (exact) mass is 238 g/mol. The number of benzene rings is 1. The maximum Gasteiger partial charge on any atom is 0.254 e. The van der Waals surface area contributed by atoms with Crippen molar-refractivity contribution in [1.82, 2.24) is 5.32 Å². The highest BCUT2D eigenvalue weighted by molar-refractivity contribution is 5.94. The summed E-state index contributed by atoms with van der Waals surface area (Å²) in [6.07, 6.45) is 2.00. The molecule has 1 rings (SSSR count). The van der Waals surface area contributed by atoms with Crippen LogP contribution in [0, 0.1) is 11.7 Å². The molecule has 0 unspecified atom stereocenters. The zero-order chi connectivity index (χ0) is 12.8. The van der Waals surface area contributed by atoms with Gasteiger partial charge in [-0.1, -0.05) is 26.7 Å². The molecule has 3 N–H and O–H groups in total. The lowest BCUT2D eigenvalue weighted by molar-refractivity contribution is 0.0942. The van der Waals surface area contributed by atoms with Crippen LogP contribution >= 0.6 is 0 Å². The summed E-state index contributed by atoms with van der Waals surface area (Å²) in [6.45, 7) is 4.73. The molecule has 0 fully saturated rings. The van der Waals surface area contributed by atoms with E-state index in [0.29, 0.717) is 18.2 Å². The number of amides is 1. The number of hydrogen-bond donors (Lipinski definition) is 2. The average molecular weight is 238 g/mol. The minimum atomic E-state index is -0.577. The summed E-state index contributed by atoms with van der Waals surface area (Å²) in [5.74, 6) is -0.516. The van der Waals surface area contributed by atoms with Crippen molar-refractivity contribution in [3.8, 4) is 0 Å². The zero-order valence-electron chi connectivity index (χ0n) is 10.3. The van der Waals surface area contributed by atoms with Gasteiger partial charge in [0.25, 0.3) is 5.91 Å². The molecule has 0 saturated heterocycles. The predicted octanol–water partition coefficient (Wildman–Crippen LogP) is 2.57. The van der Waals surface area contributed by atoms with Crippen LogP contribution in [0.5, 0.6) is 0 Å². The molecule has 1 amide bonds. The Bertz CT molecular complexity index is 389. The third-order valence-electron chi connectivity index (χ3n) is 2.94. The third kappa shape index (κ3) is 3.73. The maximum atomic E-state index is 13.4. The van der Waals surface area contributed by atoms with E-state index in [9.17, 15) is 9.18 Å². The number of rotatable bonds is 5. The largest absolute Gasteiger partial charge is 0.399 e. The molecule has 4 heteroatoms. The van der Waals surface area contributed by atoms with Crippen LogP contribution in [0.15, 0.2) is 18.2 Å². The van der Waals surface area contributed by atoms with Crippen molar-refractivity contribution in [2.24, 2.45) is 5.92 Å². The molecule has 0 aliphatic heterocycles. The van der Waals surface area contributed by atoms with E-state index in [2.05, 4.69) is 19.2 Å². The molecular weight excluding hydrogens is 219 g/mol. The predicted molar refractivity (Wildman–Crippen MR) is 67.2 cm³/mol. The van der Waals surface area contributed by atoms with Gasteiger partial charge in [0.05, 0.1) is 5.56 Å². The van der Waals surface area contributed by atoms with Gasteiger partial charge in [0.2, 0.25) is 0 Å². The molecule has 0 aromatic heterocycles. The molecule has 0 aliphatic carbocycles. The number of carbonyl (C=O) groups is 1. The lowest BCUT2D eigenvalue weighted by atomic mass is 10.0. The van der Waals surface area contributed by atoms with Crippen LogP contribution in [0.3, 0.4) is 0 Å². The van der Waals surface area contributed by atoms with Crippen LogP contribution in [0.1, 0.15) is 37.0 Å². The number of nitrogens with one attached hydrogen (secondary N) is 1. The van der Waals surface area contributed by atoms with Gasteiger partial charge in [-0.25, -0.2) is 4.39 Å². The van der Waals surface area contributed by atoms with Crippen LogP contribution in [0.2, 0.25) is 0 Å². The van der Waals surface area contributed by atoms with Crippen molar-refractivity contribution < 1.29 is 9.18 Å². The fourth-order valence-corrected chi connectivity index (χ4v) is 1.63. The van der Waals surface area contributed by atoms with Crippen LogP contribution < -0.4 is 11.1 Å². The number of hydrogen-bond acceptors (Lipinski definition) is 2. The van der Waals surface area contributed by atoms with Crippen molar-refractivity contribution in [3.63, 3.8) is 0 Å². The van der Waals surface area contributed by atoms with Crippen LogP contribution in [-0.2, 0) is 0 Å². The van der Waals surface area contributed by atoms with E-state index in [0.717, 1.165) is 18.9 Å². The Labute approximate surface area is 101 Å². The number of nitrogen functional groups attached to an aromatic ring is 1. The normalized spacial score (nSPS) is 10.6. The van der Waals surface area contributed by atoms with Crippen molar-refractivity contribution >= 4 is 11.6 Å². The lowest BCUT2D eigenvalue weighted by Crippen LogP contribution is -2.29. The minimum absolute atomic E-state index is 0.0464.